The summed E-state index contributed by atoms with van der Waals surface area (Å²) in [4.78, 5) is 21.1. The van der Waals surface area contributed by atoms with Crippen molar-refractivity contribution in [1.29, 1.82) is 0 Å². The van der Waals surface area contributed by atoms with Gasteiger partial charge in [0.1, 0.15) is 0 Å². The Labute approximate surface area is 77.6 Å². The zero-order valence-corrected chi connectivity index (χ0v) is 8.13. The van der Waals surface area contributed by atoms with Gasteiger partial charge in [0.2, 0.25) is 5.91 Å². The number of amides is 1. The summed E-state index contributed by atoms with van der Waals surface area (Å²) in [5.74, 6) is -1.50. The number of aliphatic carboxylic acids is 1. The van der Waals surface area contributed by atoms with Gasteiger partial charge in [-0.25, -0.2) is 4.79 Å². The van der Waals surface area contributed by atoms with Gasteiger partial charge in [0, 0.05) is 17.7 Å². The Bertz CT molecular complexity index is 231. The molecular weight excluding hydrogens is 170 g/mol. The maximum absolute atomic E-state index is 11.1. The molecule has 0 aliphatic carbocycles. The summed E-state index contributed by atoms with van der Waals surface area (Å²) in [5, 5.41) is 10.9. The number of nitrogens with one attached hydrogen (secondary N) is 1. The van der Waals surface area contributed by atoms with Crippen LogP contribution in [0, 0.1) is 0 Å². The smallest absolute Gasteiger partial charge is 0.328 e. The Kier molecular flexibility index (Phi) is 4.17. The van der Waals surface area contributed by atoms with Crippen LogP contribution in [-0.2, 0) is 9.59 Å². The molecule has 0 rings (SSSR count). The molecule has 4 nitrogen and oxygen atoms in total. The lowest BCUT2D eigenvalue weighted by molar-refractivity contribution is -0.131. The van der Waals surface area contributed by atoms with Gasteiger partial charge < -0.3 is 10.4 Å². The van der Waals surface area contributed by atoms with Crippen molar-refractivity contribution in [3.63, 3.8) is 0 Å². The number of carboxylic acid groups (broad SMARTS) is 1. The third kappa shape index (κ3) is 5.90. The number of hydrogen-bond acceptors (Lipinski definition) is 2. The summed E-state index contributed by atoms with van der Waals surface area (Å²) in [6, 6.07) is 0. The molecule has 0 aliphatic heterocycles. The van der Waals surface area contributed by atoms with E-state index in [0.717, 1.165) is 18.6 Å². The highest BCUT2D eigenvalue weighted by Crippen LogP contribution is 2.06. The van der Waals surface area contributed by atoms with Crippen LogP contribution < -0.4 is 5.32 Å². The molecule has 0 aromatic rings. The molecule has 0 spiro atoms. The molecule has 0 aliphatic rings. The fourth-order valence-electron chi connectivity index (χ4n) is 0.611. The van der Waals surface area contributed by atoms with Crippen molar-refractivity contribution in [1.82, 2.24) is 5.32 Å². The van der Waals surface area contributed by atoms with E-state index in [1.54, 1.807) is 0 Å². The van der Waals surface area contributed by atoms with Gasteiger partial charge in [-0.3, -0.25) is 4.79 Å². The van der Waals surface area contributed by atoms with Gasteiger partial charge in [-0.15, -0.1) is 0 Å². The molecular formula is C9H15NO3. The molecule has 0 atom stereocenters. The monoisotopic (exact) mass is 185 g/mol. The third-order valence-corrected chi connectivity index (χ3v) is 1.72. The first kappa shape index (κ1) is 11.7. The van der Waals surface area contributed by atoms with Crippen LogP contribution in [-0.4, -0.2) is 22.5 Å². The van der Waals surface area contributed by atoms with Gasteiger partial charge in [0.05, 0.1) is 0 Å². The van der Waals surface area contributed by atoms with Crippen LogP contribution in [0.15, 0.2) is 12.2 Å². The molecule has 0 saturated heterocycles. The lowest BCUT2D eigenvalue weighted by Gasteiger charge is -2.23. The van der Waals surface area contributed by atoms with Crippen LogP contribution in [0.3, 0.4) is 0 Å². The van der Waals surface area contributed by atoms with Crippen LogP contribution in [0.25, 0.3) is 0 Å². The van der Waals surface area contributed by atoms with Crippen LogP contribution in [0.4, 0.5) is 0 Å². The fraction of sp³-hybridized carbons (Fsp3) is 0.556. The highest BCUT2D eigenvalue weighted by Gasteiger charge is 2.15. The van der Waals surface area contributed by atoms with Crippen molar-refractivity contribution in [3.8, 4) is 0 Å². The predicted molar refractivity (Wildman–Crippen MR) is 49.3 cm³/mol. The minimum Gasteiger partial charge on any atom is -0.478 e. The molecule has 0 saturated carbocycles. The normalized spacial score (nSPS) is 11.6. The molecule has 74 valence electrons. The molecule has 0 bridgehead atoms. The van der Waals surface area contributed by atoms with Gasteiger partial charge in [0.25, 0.3) is 0 Å². The number of rotatable bonds is 4. The molecule has 0 radical (unpaired) electrons. The zero-order chi connectivity index (χ0) is 10.5. The standard InChI is InChI=1S/C9H15NO3/c1-4-9(2,3)10-7(11)5-6-8(12)13/h5-6H,4H2,1-3H3,(H,10,11)(H,12,13)/b6-5-. The fourth-order valence-corrected chi connectivity index (χ4v) is 0.611. The van der Waals surface area contributed by atoms with E-state index in [0.29, 0.717) is 0 Å². The van der Waals surface area contributed by atoms with Crippen molar-refractivity contribution < 1.29 is 14.7 Å². The van der Waals surface area contributed by atoms with Gasteiger partial charge in [-0.05, 0) is 20.3 Å². The number of carbonyl (C=O) groups is 2. The van der Waals surface area contributed by atoms with Gasteiger partial charge in [0.15, 0.2) is 0 Å². The van der Waals surface area contributed by atoms with E-state index in [9.17, 15) is 9.59 Å². The van der Waals surface area contributed by atoms with E-state index >= 15 is 0 Å². The Morgan fingerprint density at radius 1 is 1.38 bits per heavy atom. The first-order valence-electron chi connectivity index (χ1n) is 4.10. The topological polar surface area (TPSA) is 66.4 Å². The molecule has 2 N–H and O–H groups in total. The lowest BCUT2D eigenvalue weighted by Crippen LogP contribution is -2.41. The van der Waals surface area contributed by atoms with E-state index in [2.05, 4.69) is 5.32 Å². The predicted octanol–water partition coefficient (Wildman–Crippen LogP) is 0.932. The van der Waals surface area contributed by atoms with E-state index in [-0.39, 0.29) is 11.4 Å². The van der Waals surface area contributed by atoms with Crippen molar-refractivity contribution in [3.05, 3.63) is 12.2 Å². The van der Waals surface area contributed by atoms with Crippen LogP contribution in [0.1, 0.15) is 27.2 Å². The molecule has 1 amide bonds. The minimum absolute atomic E-state index is 0.292. The Morgan fingerprint density at radius 2 is 1.92 bits per heavy atom. The third-order valence-electron chi connectivity index (χ3n) is 1.72. The first-order valence-corrected chi connectivity index (χ1v) is 4.10. The Balaban J connectivity index is 4.09. The number of carbonyl (C=O) groups excluding carboxylic acids is 1. The average molecular weight is 185 g/mol. The minimum atomic E-state index is -1.12. The molecule has 4 heteroatoms. The van der Waals surface area contributed by atoms with Gasteiger partial charge in [-0.1, -0.05) is 6.92 Å². The van der Waals surface area contributed by atoms with E-state index < -0.39 is 5.97 Å². The maximum Gasteiger partial charge on any atom is 0.328 e. The molecule has 13 heavy (non-hydrogen) atoms. The van der Waals surface area contributed by atoms with E-state index in [1.807, 2.05) is 20.8 Å². The molecule has 0 aromatic heterocycles. The van der Waals surface area contributed by atoms with E-state index in [1.165, 1.54) is 0 Å². The molecule has 0 unspecified atom stereocenters. The summed E-state index contributed by atoms with van der Waals surface area (Å²) >= 11 is 0. The maximum atomic E-state index is 11.1. The second-order valence-electron chi connectivity index (χ2n) is 3.40. The first-order chi connectivity index (χ1) is 5.87. The SMILES string of the molecule is CCC(C)(C)NC(=O)/C=C\C(=O)O. The Hall–Kier alpha value is -1.32. The van der Waals surface area contributed by atoms with Crippen molar-refractivity contribution in [2.24, 2.45) is 0 Å². The lowest BCUT2D eigenvalue weighted by atomic mass is 10.0. The molecule has 0 aromatic carbocycles. The van der Waals surface area contributed by atoms with E-state index in [4.69, 9.17) is 5.11 Å². The number of hydrogen-bond donors (Lipinski definition) is 2. The Morgan fingerprint density at radius 3 is 2.31 bits per heavy atom. The summed E-state index contributed by atoms with van der Waals surface area (Å²) in [6.45, 7) is 5.69. The highest BCUT2D eigenvalue weighted by molar-refractivity contribution is 5.94. The number of carboxylic acids is 1. The van der Waals surface area contributed by atoms with Crippen LogP contribution in [0.2, 0.25) is 0 Å². The highest BCUT2D eigenvalue weighted by atomic mass is 16.4. The van der Waals surface area contributed by atoms with Gasteiger partial charge in [-0.2, -0.15) is 0 Å². The summed E-state index contributed by atoms with van der Waals surface area (Å²) < 4.78 is 0. The van der Waals surface area contributed by atoms with Crippen molar-refractivity contribution in [2.45, 2.75) is 32.7 Å². The summed E-state index contributed by atoms with van der Waals surface area (Å²) in [6.07, 6.45) is 2.63. The summed E-state index contributed by atoms with van der Waals surface area (Å²) in [7, 11) is 0. The second kappa shape index (κ2) is 4.64. The molecule has 0 heterocycles. The largest absolute Gasteiger partial charge is 0.478 e. The van der Waals surface area contributed by atoms with Crippen LogP contribution >= 0.6 is 0 Å². The zero-order valence-electron chi connectivity index (χ0n) is 8.13. The van der Waals surface area contributed by atoms with Gasteiger partial charge >= 0.3 is 5.97 Å². The summed E-state index contributed by atoms with van der Waals surface area (Å²) in [5.41, 5.74) is -0.292. The van der Waals surface area contributed by atoms with Crippen molar-refractivity contribution in [2.75, 3.05) is 0 Å². The molecule has 0 fully saturated rings. The quantitative estimate of drug-likeness (QED) is 0.640. The average Bonchev–Trinajstić information content (AvgIpc) is 2.00. The second-order valence-corrected chi connectivity index (χ2v) is 3.40. The van der Waals surface area contributed by atoms with Crippen molar-refractivity contribution >= 4 is 11.9 Å². The van der Waals surface area contributed by atoms with Crippen LogP contribution in [0.5, 0.6) is 0 Å².